The number of urea groups is 1. The number of benzene rings is 3. The minimum atomic E-state index is -0.433. The van der Waals surface area contributed by atoms with Gasteiger partial charge < -0.3 is 14.6 Å². The molecule has 0 saturated carbocycles. The second kappa shape index (κ2) is 10.8. The lowest BCUT2D eigenvalue weighted by Gasteiger charge is -2.21. The molecule has 2 amide bonds. The summed E-state index contributed by atoms with van der Waals surface area (Å²) in [6, 6.07) is 24.0. The third-order valence-electron chi connectivity index (χ3n) is 7.44. The molecule has 7 rings (SSSR count). The lowest BCUT2D eigenvalue weighted by molar-refractivity contribution is 0.261. The van der Waals surface area contributed by atoms with E-state index in [9.17, 15) is 9.59 Å². The number of furan rings is 1. The van der Waals surface area contributed by atoms with Gasteiger partial charge in [-0.15, -0.1) is 10.2 Å². The molecule has 0 aliphatic carbocycles. The summed E-state index contributed by atoms with van der Waals surface area (Å²) >= 11 is 3.64. The van der Waals surface area contributed by atoms with Crippen molar-refractivity contribution in [1.29, 1.82) is 0 Å². The van der Waals surface area contributed by atoms with Crippen LogP contribution < -0.4 is 21.1 Å². The van der Waals surface area contributed by atoms with Gasteiger partial charge in [-0.1, -0.05) is 40.2 Å². The molecule has 6 aromatic rings. The molecule has 210 valence electrons. The summed E-state index contributed by atoms with van der Waals surface area (Å²) < 4.78 is 9.72. The molecule has 3 aromatic heterocycles. The van der Waals surface area contributed by atoms with Crippen molar-refractivity contribution in [3.05, 3.63) is 106 Å². The fourth-order valence-electron chi connectivity index (χ4n) is 5.55. The molecule has 10 nitrogen and oxygen atoms in total. The number of nitrogens with zero attached hydrogens (tertiary/aromatic N) is 5. The second-order valence-corrected chi connectivity index (χ2v) is 11.1. The number of carbonyl (C=O) groups excluding carboxylic acids is 1. The average molecular weight is 624 g/mol. The van der Waals surface area contributed by atoms with Crippen molar-refractivity contribution < 1.29 is 9.21 Å². The summed E-state index contributed by atoms with van der Waals surface area (Å²) in [4.78, 5) is 28.7. The molecule has 11 heteroatoms. The number of halogens is 1. The van der Waals surface area contributed by atoms with Crippen molar-refractivity contribution in [3.8, 4) is 11.4 Å². The third-order valence-corrected chi connectivity index (χ3v) is 7.93. The molecule has 3 aromatic carbocycles. The Hall–Kier alpha value is -4.90. The molecule has 0 bridgehead atoms. The Kier molecular flexibility index (Phi) is 6.71. The highest BCUT2D eigenvalue weighted by Gasteiger charge is 2.23. The second-order valence-electron chi connectivity index (χ2n) is 10.2. The van der Waals surface area contributed by atoms with Crippen LogP contribution in [0.2, 0.25) is 0 Å². The lowest BCUT2D eigenvalue weighted by Crippen LogP contribution is -2.24. The molecule has 1 saturated heterocycles. The van der Waals surface area contributed by atoms with Crippen LogP contribution in [-0.4, -0.2) is 38.3 Å². The Bertz CT molecular complexity index is 1990. The summed E-state index contributed by atoms with van der Waals surface area (Å²) in [5, 5.41) is 15.2. The van der Waals surface area contributed by atoms with Gasteiger partial charge in [-0.2, -0.15) is 0 Å². The number of fused-ring (bicyclic) bond motifs is 3. The highest BCUT2D eigenvalue weighted by Crippen LogP contribution is 2.35. The molecule has 0 unspecified atom stereocenters. The molecule has 1 fully saturated rings. The maximum absolute atomic E-state index is 13.8. The number of amides is 2. The Balaban J connectivity index is 1.31. The fourth-order valence-corrected chi connectivity index (χ4v) is 5.91. The van der Waals surface area contributed by atoms with E-state index in [4.69, 9.17) is 4.42 Å². The van der Waals surface area contributed by atoms with E-state index < -0.39 is 6.03 Å². The van der Waals surface area contributed by atoms with Crippen LogP contribution in [0.15, 0.2) is 98.8 Å². The van der Waals surface area contributed by atoms with Gasteiger partial charge in [-0.3, -0.25) is 19.1 Å². The van der Waals surface area contributed by atoms with Crippen molar-refractivity contribution in [2.75, 3.05) is 28.6 Å². The first kappa shape index (κ1) is 26.0. The van der Waals surface area contributed by atoms with E-state index in [-0.39, 0.29) is 12.1 Å². The Morgan fingerprint density at radius 3 is 2.62 bits per heavy atom. The quantitative estimate of drug-likeness (QED) is 0.223. The zero-order valence-corrected chi connectivity index (χ0v) is 24.0. The largest absolute Gasteiger partial charge is 0.449 e. The standard InChI is InChI=1S/C31H26BrN7O3/c32-21-12-13-25(37-14-3-4-15-37)24(18-21)28-35-36-31-38(29(40)23-9-1-2-10-26(23)39(28)31)19-20-7-5-8-22(17-20)33-30(41)34-27-11-6-16-42-27/h1-2,5-13,16-18H,3-4,14-15,19H2,(H2,33,34,41). The topological polar surface area (TPSA) is 110 Å². The Morgan fingerprint density at radius 1 is 0.929 bits per heavy atom. The Morgan fingerprint density at radius 2 is 1.79 bits per heavy atom. The molecule has 1 aliphatic heterocycles. The first-order valence-electron chi connectivity index (χ1n) is 13.7. The summed E-state index contributed by atoms with van der Waals surface area (Å²) in [6.07, 6.45) is 3.78. The first-order valence-corrected chi connectivity index (χ1v) is 14.5. The summed E-state index contributed by atoms with van der Waals surface area (Å²) in [7, 11) is 0. The molecule has 0 radical (unpaired) electrons. The van der Waals surface area contributed by atoms with Crippen molar-refractivity contribution in [3.63, 3.8) is 0 Å². The van der Waals surface area contributed by atoms with E-state index in [1.54, 1.807) is 22.8 Å². The highest BCUT2D eigenvalue weighted by molar-refractivity contribution is 9.10. The van der Waals surface area contributed by atoms with Gasteiger partial charge in [-0.25, -0.2) is 4.79 Å². The first-order chi connectivity index (χ1) is 20.5. The summed E-state index contributed by atoms with van der Waals surface area (Å²) in [5.41, 5.74) is 4.01. The monoisotopic (exact) mass is 623 g/mol. The normalized spacial score (nSPS) is 13.2. The van der Waals surface area contributed by atoms with Crippen LogP contribution in [0.25, 0.3) is 28.1 Å². The number of hydrogen-bond donors (Lipinski definition) is 2. The predicted octanol–water partition coefficient (Wildman–Crippen LogP) is 6.36. The molecular weight excluding hydrogens is 598 g/mol. The van der Waals surface area contributed by atoms with E-state index >= 15 is 0 Å². The van der Waals surface area contributed by atoms with E-state index in [1.807, 2.05) is 52.9 Å². The Labute approximate surface area is 248 Å². The van der Waals surface area contributed by atoms with Crippen LogP contribution in [0.4, 0.5) is 22.1 Å². The van der Waals surface area contributed by atoms with Crippen LogP contribution >= 0.6 is 15.9 Å². The van der Waals surface area contributed by atoms with Gasteiger partial charge in [0.05, 0.1) is 23.7 Å². The molecule has 2 N–H and O–H groups in total. The minimum absolute atomic E-state index is 0.167. The van der Waals surface area contributed by atoms with E-state index in [1.165, 1.54) is 6.26 Å². The number of aromatic nitrogens is 4. The zero-order valence-electron chi connectivity index (χ0n) is 22.5. The minimum Gasteiger partial charge on any atom is -0.449 e. The number of carbonyl (C=O) groups is 1. The number of hydrogen-bond acceptors (Lipinski definition) is 6. The van der Waals surface area contributed by atoms with Crippen LogP contribution in [0.5, 0.6) is 0 Å². The lowest BCUT2D eigenvalue weighted by atomic mass is 10.1. The maximum atomic E-state index is 13.8. The van der Waals surface area contributed by atoms with Gasteiger partial charge >= 0.3 is 6.03 Å². The van der Waals surface area contributed by atoms with Crippen LogP contribution in [0, 0.1) is 0 Å². The molecule has 42 heavy (non-hydrogen) atoms. The molecule has 1 aliphatic rings. The highest BCUT2D eigenvalue weighted by atomic mass is 79.9. The molecule has 0 spiro atoms. The van der Waals surface area contributed by atoms with E-state index in [2.05, 4.69) is 53.8 Å². The third kappa shape index (κ3) is 4.81. The van der Waals surface area contributed by atoms with E-state index in [0.717, 1.165) is 52.7 Å². The van der Waals surface area contributed by atoms with Gasteiger partial charge in [-0.05, 0) is 66.9 Å². The predicted molar refractivity (Wildman–Crippen MR) is 166 cm³/mol. The smallest absolute Gasteiger partial charge is 0.326 e. The number of rotatable bonds is 6. The van der Waals surface area contributed by atoms with Crippen LogP contribution in [0.3, 0.4) is 0 Å². The molecular formula is C31H26BrN7O3. The van der Waals surface area contributed by atoms with Crippen LogP contribution in [-0.2, 0) is 6.54 Å². The summed E-state index contributed by atoms with van der Waals surface area (Å²) in [6.45, 7) is 2.21. The number of anilines is 3. The fraction of sp³-hybridized carbons (Fsp3) is 0.161. The van der Waals surface area contributed by atoms with Gasteiger partial charge in [0.15, 0.2) is 5.82 Å². The average Bonchev–Trinajstić information content (AvgIpc) is 3.78. The molecule has 4 heterocycles. The number of para-hydroxylation sites is 1. The SMILES string of the molecule is O=C(Nc1cccc(Cn2c(=O)c3ccccc3n3c(-c4cc(Br)ccc4N4CCCC4)nnc23)c1)Nc1ccco1. The van der Waals surface area contributed by atoms with Gasteiger partial charge in [0, 0.05) is 40.6 Å². The van der Waals surface area contributed by atoms with Gasteiger partial charge in [0.1, 0.15) is 0 Å². The zero-order chi connectivity index (χ0) is 28.6. The van der Waals surface area contributed by atoms with Crippen molar-refractivity contribution in [1.82, 2.24) is 19.2 Å². The van der Waals surface area contributed by atoms with Crippen molar-refractivity contribution in [2.24, 2.45) is 0 Å². The van der Waals surface area contributed by atoms with E-state index in [0.29, 0.717) is 28.6 Å². The van der Waals surface area contributed by atoms with Crippen molar-refractivity contribution in [2.45, 2.75) is 19.4 Å². The van der Waals surface area contributed by atoms with Gasteiger partial charge in [0.25, 0.3) is 5.56 Å². The summed E-state index contributed by atoms with van der Waals surface area (Å²) in [5.74, 6) is 1.45. The maximum Gasteiger partial charge on any atom is 0.326 e. The number of nitrogens with one attached hydrogen (secondary N) is 2. The molecule has 0 atom stereocenters. The van der Waals surface area contributed by atoms with Crippen LogP contribution in [0.1, 0.15) is 18.4 Å². The van der Waals surface area contributed by atoms with Crippen molar-refractivity contribution >= 4 is 55.9 Å². The van der Waals surface area contributed by atoms with Gasteiger partial charge in [0.2, 0.25) is 11.7 Å².